The number of carbonyl (C=O) groups excluding carboxylic acids is 4. The topological polar surface area (TPSA) is 98.8 Å². The molecule has 1 saturated heterocycles. The minimum Gasteiger partial charge on any atom is -0.339 e. The number of nitrogens with one attached hydrogen (secondary N) is 2. The number of hydrogen-bond acceptors (Lipinski definition) is 4. The van der Waals surface area contributed by atoms with Gasteiger partial charge < -0.3 is 20.4 Å². The number of carbonyl (C=O) groups is 4. The molecule has 1 aliphatic carbocycles. The van der Waals surface area contributed by atoms with E-state index in [9.17, 15) is 23.6 Å². The lowest BCUT2D eigenvalue weighted by molar-refractivity contribution is -0.121. The molecular formula is C32H33FN4O4. The highest BCUT2D eigenvalue weighted by atomic mass is 19.1. The highest BCUT2D eigenvalue weighted by molar-refractivity contribution is 5.97. The number of hydrogen-bond donors (Lipinski definition) is 2. The summed E-state index contributed by atoms with van der Waals surface area (Å²) in [5.41, 5.74) is 3.09. The van der Waals surface area contributed by atoms with E-state index < -0.39 is 0 Å². The summed E-state index contributed by atoms with van der Waals surface area (Å²) in [6.45, 7) is 0.914. The third-order valence-corrected chi connectivity index (χ3v) is 7.66. The number of anilines is 2. The van der Waals surface area contributed by atoms with Crippen LogP contribution in [0.1, 0.15) is 52.0 Å². The first-order valence-electron chi connectivity index (χ1n) is 13.9. The van der Waals surface area contributed by atoms with Crippen molar-refractivity contribution >= 4 is 35.0 Å². The fourth-order valence-corrected chi connectivity index (χ4v) is 4.99. The normalized spacial score (nSPS) is 15.2. The Kier molecular flexibility index (Phi) is 8.42. The summed E-state index contributed by atoms with van der Waals surface area (Å²) < 4.78 is 13.1. The van der Waals surface area contributed by atoms with Crippen molar-refractivity contribution in [2.75, 3.05) is 30.8 Å². The lowest BCUT2D eigenvalue weighted by Crippen LogP contribution is -2.41. The van der Waals surface area contributed by atoms with Gasteiger partial charge in [0.05, 0.1) is 6.42 Å². The number of benzene rings is 3. The SMILES string of the molecule is CN(C(=O)c1ccc(NC(=O)Cc2ccc(NC(=O)C3CCN(C(=O)c4ccc(F)cc4)CC3)cc2)cc1)C1CC1. The van der Waals surface area contributed by atoms with E-state index >= 15 is 0 Å². The van der Waals surface area contributed by atoms with E-state index in [0.717, 1.165) is 18.4 Å². The van der Waals surface area contributed by atoms with Gasteiger partial charge in [0.15, 0.2) is 0 Å². The number of likely N-dealkylation sites (tertiary alicyclic amines) is 1. The Morgan fingerprint density at radius 3 is 1.95 bits per heavy atom. The zero-order chi connectivity index (χ0) is 28.9. The minimum atomic E-state index is -0.388. The summed E-state index contributed by atoms with van der Waals surface area (Å²) in [5, 5.41) is 5.79. The summed E-state index contributed by atoms with van der Waals surface area (Å²) in [6.07, 6.45) is 3.35. The molecule has 4 amide bonds. The molecule has 2 aliphatic rings. The van der Waals surface area contributed by atoms with Crippen LogP contribution in [0.3, 0.4) is 0 Å². The van der Waals surface area contributed by atoms with Crippen LogP contribution in [0.15, 0.2) is 72.8 Å². The molecule has 2 N–H and O–H groups in total. The molecule has 212 valence electrons. The fraction of sp³-hybridized carbons (Fsp3) is 0.312. The van der Waals surface area contributed by atoms with Gasteiger partial charge in [0.1, 0.15) is 5.82 Å². The lowest BCUT2D eigenvalue weighted by atomic mass is 9.95. The molecule has 0 atom stereocenters. The third-order valence-electron chi connectivity index (χ3n) is 7.66. The van der Waals surface area contributed by atoms with E-state index in [1.807, 2.05) is 7.05 Å². The molecule has 9 heteroatoms. The number of halogens is 1. The summed E-state index contributed by atoms with van der Waals surface area (Å²) >= 11 is 0. The monoisotopic (exact) mass is 556 g/mol. The van der Waals surface area contributed by atoms with E-state index in [4.69, 9.17) is 0 Å². The number of piperidine rings is 1. The standard InChI is InChI=1S/C32H33FN4O4/c1-36(28-14-15-28)31(40)23-6-12-26(13-7-23)34-29(38)20-21-2-10-27(11-3-21)35-30(39)22-16-18-37(19-17-22)32(41)24-4-8-25(33)9-5-24/h2-13,22,28H,14-20H2,1H3,(H,34,38)(H,35,39). The van der Waals surface area contributed by atoms with Crippen LogP contribution >= 0.6 is 0 Å². The molecule has 3 aromatic rings. The first-order chi connectivity index (χ1) is 19.8. The van der Waals surface area contributed by atoms with Gasteiger partial charge in [0.2, 0.25) is 11.8 Å². The molecule has 1 heterocycles. The average Bonchev–Trinajstić information content (AvgIpc) is 3.84. The van der Waals surface area contributed by atoms with Gasteiger partial charge in [-0.1, -0.05) is 12.1 Å². The van der Waals surface area contributed by atoms with Gasteiger partial charge in [-0.15, -0.1) is 0 Å². The Morgan fingerprint density at radius 2 is 1.34 bits per heavy atom. The lowest BCUT2D eigenvalue weighted by Gasteiger charge is -2.31. The average molecular weight is 557 g/mol. The van der Waals surface area contributed by atoms with E-state index in [-0.39, 0.29) is 41.8 Å². The molecule has 3 aromatic carbocycles. The molecule has 0 bridgehead atoms. The van der Waals surface area contributed by atoms with Gasteiger partial charge in [-0.25, -0.2) is 4.39 Å². The maximum atomic E-state index is 13.1. The first-order valence-corrected chi connectivity index (χ1v) is 13.9. The molecule has 1 aliphatic heterocycles. The van der Waals surface area contributed by atoms with E-state index in [0.29, 0.717) is 54.5 Å². The van der Waals surface area contributed by atoms with Gasteiger partial charge in [-0.05, 0) is 91.9 Å². The van der Waals surface area contributed by atoms with Gasteiger partial charge >= 0.3 is 0 Å². The zero-order valence-corrected chi connectivity index (χ0v) is 22.9. The Morgan fingerprint density at radius 1 is 0.780 bits per heavy atom. The van der Waals surface area contributed by atoms with Crippen LogP contribution in [0.4, 0.5) is 15.8 Å². The zero-order valence-electron chi connectivity index (χ0n) is 22.9. The number of nitrogens with zero attached hydrogens (tertiary/aromatic N) is 2. The Balaban J connectivity index is 1.06. The van der Waals surface area contributed by atoms with Gasteiger partial charge in [0.25, 0.3) is 11.8 Å². The predicted octanol–water partition coefficient (Wildman–Crippen LogP) is 4.73. The molecule has 5 rings (SSSR count). The highest BCUT2D eigenvalue weighted by Gasteiger charge is 2.30. The second-order valence-corrected chi connectivity index (χ2v) is 10.7. The summed E-state index contributed by atoms with van der Waals surface area (Å²) in [7, 11) is 1.82. The smallest absolute Gasteiger partial charge is 0.253 e. The van der Waals surface area contributed by atoms with Crippen molar-refractivity contribution in [3.8, 4) is 0 Å². The quantitative estimate of drug-likeness (QED) is 0.419. The van der Waals surface area contributed by atoms with E-state index in [1.54, 1.807) is 58.3 Å². The highest BCUT2D eigenvalue weighted by Crippen LogP contribution is 2.27. The molecule has 0 spiro atoms. The van der Waals surface area contributed by atoms with Gasteiger partial charge in [0, 0.05) is 54.6 Å². The van der Waals surface area contributed by atoms with Crippen LogP contribution in [0, 0.1) is 11.7 Å². The van der Waals surface area contributed by atoms with Crippen LogP contribution in [-0.4, -0.2) is 59.6 Å². The molecule has 2 fully saturated rings. The van der Waals surface area contributed by atoms with Crippen LogP contribution in [0.2, 0.25) is 0 Å². The Labute approximate surface area is 238 Å². The second-order valence-electron chi connectivity index (χ2n) is 10.7. The second kappa shape index (κ2) is 12.3. The van der Waals surface area contributed by atoms with Gasteiger partial charge in [-0.3, -0.25) is 19.2 Å². The maximum absolute atomic E-state index is 13.1. The predicted molar refractivity (Wildman–Crippen MR) is 154 cm³/mol. The largest absolute Gasteiger partial charge is 0.339 e. The fourth-order valence-electron chi connectivity index (χ4n) is 4.99. The third kappa shape index (κ3) is 7.16. The van der Waals surface area contributed by atoms with Crippen molar-refractivity contribution in [3.05, 3.63) is 95.3 Å². The maximum Gasteiger partial charge on any atom is 0.253 e. The van der Waals surface area contributed by atoms with Crippen LogP contribution in [-0.2, 0) is 16.0 Å². The van der Waals surface area contributed by atoms with Crippen molar-refractivity contribution in [2.24, 2.45) is 5.92 Å². The van der Waals surface area contributed by atoms with Crippen molar-refractivity contribution in [3.63, 3.8) is 0 Å². The van der Waals surface area contributed by atoms with E-state index in [2.05, 4.69) is 10.6 Å². The molecule has 0 unspecified atom stereocenters. The summed E-state index contributed by atoms with van der Waals surface area (Å²) in [4.78, 5) is 53.9. The van der Waals surface area contributed by atoms with Crippen molar-refractivity contribution < 1.29 is 23.6 Å². The summed E-state index contributed by atoms with van der Waals surface area (Å²) in [6, 6.07) is 19.9. The van der Waals surface area contributed by atoms with Crippen molar-refractivity contribution in [1.29, 1.82) is 0 Å². The molecule has 0 aromatic heterocycles. The molecule has 41 heavy (non-hydrogen) atoms. The van der Waals surface area contributed by atoms with E-state index in [1.165, 1.54) is 24.3 Å². The van der Waals surface area contributed by atoms with Crippen LogP contribution < -0.4 is 10.6 Å². The minimum absolute atomic E-state index is 0.0139. The molecule has 0 radical (unpaired) electrons. The van der Waals surface area contributed by atoms with Crippen LogP contribution in [0.5, 0.6) is 0 Å². The first kappa shape index (κ1) is 28.0. The molecular weight excluding hydrogens is 523 g/mol. The van der Waals surface area contributed by atoms with Crippen molar-refractivity contribution in [1.82, 2.24) is 9.80 Å². The summed E-state index contributed by atoms with van der Waals surface area (Å²) in [5.74, 6) is -1.06. The Hall–Kier alpha value is -4.53. The molecule has 8 nitrogen and oxygen atoms in total. The number of rotatable bonds is 8. The van der Waals surface area contributed by atoms with Crippen molar-refractivity contribution in [2.45, 2.75) is 38.1 Å². The Bertz CT molecular complexity index is 1410. The number of amides is 4. The molecule has 1 saturated carbocycles. The van der Waals surface area contributed by atoms with Crippen LogP contribution in [0.25, 0.3) is 0 Å². The van der Waals surface area contributed by atoms with Gasteiger partial charge in [-0.2, -0.15) is 0 Å².